The van der Waals surface area contributed by atoms with Crippen molar-refractivity contribution in [3.63, 3.8) is 0 Å². The van der Waals surface area contributed by atoms with Gasteiger partial charge in [0.15, 0.2) is 11.0 Å². The van der Waals surface area contributed by atoms with Gasteiger partial charge in [0.1, 0.15) is 17.8 Å². The van der Waals surface area contributed by atoms with Gasteiger partial charge in [0.2, 0.25) is 0 Å². The van der Waals surface area contributed by atoms with Crippen LogP contribution in [0.25, 0.3) is 0 Å². The second-order valence-corrected chi connectivity index (χ2v) is 5.06. The van der Waals surface area contributed by atoms with Crippen LogP contribution in [0.3, 0.4) is 0 Å². The van der Waals surface area contributed by atoms with E-state index in [0.717, 1.165) is 24.3 Å². The number of nitrogens with one attached hydrogen (secondary N) is 1. The quantitative estimate of drug-likeness (QED) is 0.864. The van der Waals surface area contributed by atoms with Crippen molar-refractivity contribution in [2.24, 2.45) is 0 Å². The minimum absolute atomic E-state index is 0.208. The third-order valence-corrected chi connectivity index (χ3v) is 3.80. The van der Waals surface area contributed by atoms with E-state index in [1.807, 2.05) is 6.07 Å². The van der Waals surface area contributed by atoms with Crippen molar-refractivity contribution in [1.29, 1.82) is 0 Å². The maximum Gasteiger partial charge on any atom is 0.157 e. The summed E-state index contributed by atoms with van der Waals surface area (Å²) in [6.45, 7) is 1.44. The van der Waals surface area contributed by atoms with Crippen LogP contribution in [-0.2, 0) is 13.0 Å². The Balaban J connectivity index is 1.96. The molecule has 104 valence electrons. The van der Waals surface area contributed by atoms with Crippen molar-refractivity contribution in [2.45, 2.75) is 13.0 Å². The second kappa shape index (κ2) is 5.25. The van der Waals surface area contributed by atoms with E-state index in [0.29, 0.717) is 17.4 Å². The Morgan fingerprint density at radius 1 is 1.30 bits per heavy atom. The molecule has 1 aromatic carbocycles. The molecule has 0 radical (unpaired) electrons. The van der Waals surface area contributed by atoms with E-state index in [4.69, 9.17) is 11.6 Å². The fraction of sp³-hybridized carbons (Fsp3) is 0.286. The fourth-order valence-corrected chi connectivity index (χ4v) is 2.74. The van der Waals surface area contributed by atoms with Crippen LogP contribution in [0.4, 0.5) is 15.9 Å². The molecule has 4 nitrogen and oxygen atoms in total. The van der Waals surface area contributed by atoms with Crippen molar-refractivity contribution in [2.75, 3.05) is 23.8 Å². The van der Waals surface area contributed by atoms with Crippen LogP contribution in [0.15, 0.2) is 24.5 Å². The van der Waals surface area contributed by atoms with Gasteiger partial charge in [-0.1, -0.05) is 17.7 Å². The molecule has 0 atom stereocenters. The average molecular weight is 293 g/mol. The van der Waals surface area contributed by atoms with Crippen LogP contribution in [0.1, 0.15) is 11.1 Å². The van der Waals surface area contributed by atoms with Gasteiger partial charge in [-0.3, -0.25) is 0 Å². The first-order valence-corrected chi connectivity index (χ1v) is 6.77. The Hall–Kier alpha value is -1.88. The Kier molecular flexibility index (Phi) is 3.44. The summed E-state index contributed by atoms with van der Waals surface area (Å²) < 4.78 is 13.4. The summed E-state index contributed by atoms with van der Waals surface area (Å²) in [5.41, 5.74) is 2.89. The minimum atomic E-state index is -0.208. The molecule has 0 unspecified atom stereocenters. The van der Waals surface area contributed by atoms with Crippen LogP contribution in [0.5, 0.6) is 0 Å². The molecule has 2 heterocycles. The van der Waals surface area contributed by atoms with E-state index in [-0.39, 0.29) is 5.82 Å². The predicted molar refractivity (Wildman–Crippen MR) is 77.7 cm³/mol. The molecule has 1 N–H and O–H groups in total. The summed E-state index contributed by atoms with van der Waals surface area (Å²) in [6, 6.07) is 4.95. The van der Waals surface area contributed by atoms with Crippen molar-refractivity contribution in [3.05, 3.63) is 46.6 Å². The Bertz CT molecular complexity index is 647. The molecule has 0 aliphatic carbocycles. The maximum atomic E-state index is 13.4. The highest BCUT2D eigenvalue weighted by Gasteiger charge is 2.21. The molecular formula is C14H14ClFN4. The highest BCUT2D eigenvalue weighted by Crippen LogP contribution is 2.32. The first kappa shape index (κ1) is 13.1. The van der Waals surface area contributed by atoms with E-state index in [2.05, 4.69) is 20.2 Å². The molecule has 1 aliphatic heterocycles. The lowest BCUT2D eigenvalue weighted by molar-refractivity contribution is 0.618. The zero-order chi connectivity index (χ0) is 14.1. The number of hydrogen-bond acceptors (Lipinski definition) is 4. The molecule has 3 rings (SSSR count). The minimum Gasteiger partial charge on any atom is -0.383 e. The SMILES string of the molecule is CNc1c(Cl)ncnc1N1CCc2ccc(F)cc2C1. The van der Waals surface area contributed by atoms with Crippen LogP contribution in [0, 0.1) is 5.82 Å². The Labute approximate surface area is 121 Å². The zero-order valence-electron chi connectivity index (χ0n) is 11.0. The molecule has 1 aliphatic rings. The third-order valence-electron chi connectivity index (χ3n) is 3.51. The molecule has 0 spiro atoms. The molecule has 6 heteroatoms. The summed E-state index contributed by atoms with van der Waals surface area (Å²) >= 11 is 6.07. The van der Waals surface area contributed by atoms with E-state index < -0.39 is 0 Å². The summed E-state index contributed by atoms with van der Waals surface area (Å²) in [5, 5.41) is 3.42. The van der Waals surface area contributed by atoms with Crippen LogP contribution >= 0.6 is 11.6 Å². The molecule has 0 saturated carbocycles. The number of halogens is 2. The van der Waals surface area contributed by atoms with Crippen molar-refractivity contribution in [3.8, 4) is 0 Å². The Morgan fingerprint density at radius 3 is 2.95 bits per heavy atom. The lowest BCUT2D eigenvalue weighted by Crippen LogP contribution is -2.31. The highest BCUT2D eigenvalue weighted by atomic mass is 35.5. The first-order valence-electron chi connectivity index (χ1n) is 6.39. The van der Waals surface area contributed by atoms with Crippen LogP contribution < -0.4 is 10.2 Å². The monoisotopic (exact) mass is 292 g/mol. The number of fused-ring (bicyclic) bond motifs is 1. The number of nitrogens with zero attached hydrogens (tertiary/aromatic N) is 3. The molecule has 0 fully saturated rings. The first-order chi connectivity index (χ1) is 9.69. The number of anilines is 2. The molecule has 0 amide bonds. The topological polar surface area (TPSA) is 41.1 Å². The molecule has 20 heavy (non-hydrogen) atoms. The van der Waals surface area contributed by atoms with Gasteiger partial charge in [-0.05, 0) is 29.7 Å². The van der Waals surface area contributed by atoms with E-state index in [1.165, 1.54) is 18.0 Å². The highest BCUT2D eigenvalue weighted by molar-refractivity contribution is 6.32. The number of benzene rings is 1. The van der Waals surface area contributed by atoms with Gasteiger partial charge in [-0.15, -0.1) is 0 Å². The zero-order valence-corrected chi connectivity index (χ0v) is 11.8. The van der Waals surface area contributed by atoms with Crippen LogP contribution in [-0.4, -0.2) is 23.6 Å². The molecule has 2 aromatic rings. The fourth-order valence-electron chi connectivity index (χ4n) is 2.52. The molecule has 0 saturated heterocycles. The van der Waals surface area contributed by atoms with Gasteiger partial charge in [-0.25, -0.2) is 14.4 Å². The molecule has 1 aromatic heterocycles. The second-order valence-electron chi connectivity index (χ2n) is 4.70. The van der Waals surface area contributed by atoms with Crippen molar-refractivity contribution < 1.29 is 4.39 Å². The molecule has 0 bridgehead atoms. The largest absolute Gasteiger partial charge is 0.383 e. The summed E-state index contributed by atoms with van der Waals surface area (Å²) in [4.78, 5) is 10.4. The van der Waals surface area contributed by atoms with Gasteiger partial charge >= 0.3 is 0 Å². The van der Waals surface area contributed by atoms with Crippen molar-refractivity contribution >= 4 is 23.1 Å². The van der Waals surface area contributed by atoms with Crippen molar-refractivity contribution in [1.82, 2.24) is 9.97 Å². The van der Waals surface area contributed by atoms with E-state index >= 15 is 0 Å². The van der Waals surface area contributed by atoms with Gasteiger partial charge in [-0.2, -0.15) is 0 Å². The van der Waals surface area contributed by atoms with Gasteiger partial charge in [0.25, 0.3) is 0 Å². The number of rotatable bonds is 2. The van der Waals surface area contributed by atoms with Gasteiger partial charge in [0.05, 0.1) is 0 Å². The Morgan fingerprint density at radius 2 is 2.15 bits per heavy atom. The lowest BCUT2D eigenvalue weighted by atomic mass is 9.99. The normalized spacial score (nSPS) is 14.1. The van der Waals surface area contributed by atoms with Gasteiger partial charge in [0, 0.05) is 20.1 Å². The van der Waals surface area contributed by atoms with Crippen LogP contribution in [0.2, 0.25) is 5.15 Å². The number of aromatic nitrogens is 2. The van der Waals surface area contributed by atoms with Gasteiger partial charge < -0.3 is 10.2 Å². The van der Waals surface area contributed by atoms with E-state index in [1.54, 1.807) is 13.1 Å². The summed E-state index contributed by atoms with van der Waals surface area (Å²) in [6.07, 6.45) is 2.31. The predicted octanol–water partition coefficient (Wildman–Crippen LogP) is 2.87. The number of hydrogen-bond donors (Lipinski definition) is 1. The standard InChI is InChI=1S/C14H14ClFN4/c1-17-12-13(15)18-8-19-14(12)20-5-4-9-2-3-11(16)6-10(9)7-20/h2-3,6,8,17H,4-5,7H2,1H3. The van der Waals surface area contributed by atoms with E-state index in [9.17, 15) is 4.39 Å². The summed E-state index contributed by atoms with van der Waals surface area (Å²) in [7, 11) is 1.78. The third kappa shape index (κ3) is 2.29. The maximum absolute atomic E-state index is 13.4. The average Bonchev–Trinajstić information content (AvgIpc) is 2.46. The lowest BCUT2D eigenvalue weighted by Gasteiger charge is -2.31. The smallest absolute Gasteiger partial charge is 0.157 e. The molecular weight excluding hydrogens is 279 g/mol. The summed E-state index contributed by atoms with van der Waals surface area (Å²) in [5.74, 6) is 0.544.